The average Bonchev–Trinajstić information content (AvgIpc) is 3.24. The number of piperazine rings is 1. The van der Waals surface area contributed by atoms with Gasteiger partial charge < -0.3 is 24.8 Å². The first-order chi connectivity index (χ1) is 14.6. The predicted octanol–water partition coefficient (Wildman–Crippen LogP) is 2.42. The quantitative estimate of drug-likeness (QED) is 0.636. The molecule has 8 nitrogen and oxygen atoms in total. The number of nitrogens with zero attached hydrogens (tertiary/aromatic N) is 3. The van der Waals surface area contributed by atoms with E-state index < -0.39 is 0 Å². The van der Waals surface area contributed by atoms with Gasteiger partial charge in [-0.25, -0.2) is 9.78 Å². The SMILES string of the molecule is Cc1cccc(OCCNC(=O)N2CCN(C(=O)c3ccc4nc[nH]c4c3)CC2)c1. The van der Waals surface area contributed by atoms with Gasteiger partial charge in [-0.1, -0.05) is 12.1 Å². The zero-order valence-electron chi connectivity index (χ0n) is 16.9. The van der Waals surface area contributed by atoms with E-state index in [1.807, 2.05) is 43.3 Å². The molecule has 156 valence electrons. The van der Waals surface area contributed by atoms with Gasteiger partial charge in [-0.05, 0) is 42.8 Å². The third kappa shape index (κ3) is 4.53. The maximum atomic E-state index is 12.8. The van der Waals surface area contributed by atoms with E-state index in [1.54, 1.807) is 22.2 Å². The number of aromatic amines is 1. The third-order valence-corrected chi connectivity index (χ3v) is 5.16. The van der Waals surface area contributed by atoms with Gasteiger partial charge >= 0.3 is 6.03 Å². The van der Waals surface area contributed by atoms with Gasteiger partial charge in [-0.2, -0.15) is 0 Å². The molecule has 8 heteroatoms. The number of aryl methyl sites for hydroxylation is 1. The van der Waals surface area contributed by atoms with Crippen molar-refractivity contribution >= 4 is 23.0 Å². The number of nitrogens with one attached hydrogen (secondary N) is 2. The second kappa shape index (κ2) is 8.86. The number of ether oxygens (including phenoxy) is 1. The number of carbonyl (C=O) groups is 2. The molecule has 3 amide bonds. The second-order valence-corrected chi connectivity index (χ2v) is 7.31. The Hall–Kier alpha value is -3.55. The van der Waals surface area contributed by atoms with E-state index in [0.29, 0.717) is 44.9 Å². The molecule has 0 bridgehead atoms. The van der Waals surface area contributed by atoms with E-state index >= 15 is 0 Å². The van der Waals surface area contributed by atoms with Crippen molar-refractivity contribution in [2.24, 2.45) is 0 Å². The molecule has 30 heavy (non-hydrogen) atoms. The number of hydrogen-bond acceptors (Lipinski definition) is 4. The third-order valence-electron chi connectivity index (χ3n) is 5.16. The van der Waals surface area contributed by atoms with Crippen molar-refractivity contribution in [3.05, 3.63) is 59.9 Å². The summed E-state index contributed by atoms with van der Waals surface area (Å²) in [7, 11) is 0. The number of amides is 3. The molecule has 1 saturated heterocycles. The van der Waals surface area contributed by atoms with E-state index in [1.165, 1.54) is 0 Å². The van der Waals surface area contributed by atoms with E-state index in [-0.39, 0.29) is 11.9 Å². The van der Waals surface area contributed by atoms with Gasteiger partial charge in [-0.15, -0.1) is 0 Å². The van der Waals surface area contributed by atoms with Crippen molar-refractivity contribution < 1.29 is 14.3 Å². The number of urea groups is 1. The second-order valence-electron chi connectivity index (χ2n) is 7.31. The highest BCUT2D eigenvalue weighted by molar-refractivity contribution is 5.97. The molecule has 1 aromatic heterocycles. The Morgan fingerprint density at radius 2 is 1.90 bits per heavy atom. The van der Waals surface area contributed by atoms with Crippen molar-refractivity contribution in [3.63, 3.8) is 0 Å². The number of carbonyl (C=O) groups excluding carboxylic acids is 2. The molecular formula is C22H25N5O3. The topological polar surface area (TPSA) is 90.6 Å². The highest BCUT2D eigenvalue weighted by Crippen LogP contribution is 2.15. The summed E-state index contributed by atoms with van der Waals surface area (Å²) in [6.07, 6.45) is 1.61. The number of hydrogen-bond donors (Lipinski definition) is 2. The number of imidazole rings is 1. The molecule has 2 N–H and O–H groups in total. The summed E-state index contributed by atoms with van der Waals surface area (Å²) in [6, 6.07) is 13.1. The first kappa shape index (κ1) is 19.8. The largest absolute Gasteiger partial charge is 0.492 e. The van der Waals surface area contributed by atoms with Crippen LogP contribution in [0.5, 0.6) is 5.75 Å². The average molecular weight is 407 g/mol. The molecule has 0 aliphatic carbocycles. The van der Waals surface area contributed by atoms with Crippen LogP contribution in [0.3, 0.4) is 0 Å². The maximum absolute atomic E-state index is 12.8. The van der Waals surface area contributed by atoms with Crippen molar-refractivity contribution in [1.29, 1.82) is 0 Å². The Morgan fingerprint density at radius 1 is 1.10 bits per heavy atom. The van der Waals surface area contributed by atoms with Crippen LogP contribution in [-0.4, -0.2) is 71.0 Å². The van der Waals surface area contributed by atoms with Crippen LogP contribution in [0.1, 0.15) is 15.9 Å². The van der Waals surface area contributed by atoms with Crippen molar-refractivity contribution in [2.75, 3.05) is 39.3 Å². The Bertz CT molecular complexity index is 1040. The number of fused-ring (bicyclic) bond motifs is 1. The van der Waals surface area contributed by atoms with E-state index in [9.17, 15) is 9.59 Å². The molecule has 0 saturated carbocycles. The summed E-state index contributed by atoms with van der Waals surface area (Å²) >= 11 is 0. The number of H-pyrrole nitrogens is 1. The van der Waals surface area contributed by atoms with Crippen LogP contribution in [-0.2, 0) is 0 Å². The molecule has 0 unspecified atom stereocenters. The van der Waals surface area contributed by atoms with E-state index in [4.69, 9.17) is 4.74 Å². The zero-order valence-corrected chi connectivity index (χ0v) is 16.9. The van der Waals surface area contributed by atoms with Gasteiger partial charge in [0.2, 0.25) is 0 Å². The molecule has 1 fully saturated rings. The molecule has 3 aromatic rings. The molecule has 4 rings (SSSR count). The monoisotopic (exact) mass is 407 g/mol. The predicted molar refractivity (Wildman–Crippen MR) is 114 cm³/mol. The minimum Gasteiger partial charge on any atom is -0.492 e. The molecule has 0 spiro atoms. The Kier molecular flexibility index (Phi) is 5.83. The van der Waals surface area contributed by atoms with Crippen molar-refractivity contribution in [2.45, 2.75) is 6.92 Å². The van der Waals surface area contributed by atoms with Crippen LogP contribution in [0.15, 0.2) is 48.8 Å². The molecule has 0 radical (unpaired) electrons. The minimum atomic E-state index is -0.131. The van der Waals surface area contributed by atoms with E-state index in [2.05, 4.69) is 15.3 Å². The molecular weight excluding hydrogens is 382 g/mol. The minimum absolute atomic E-state index is 0.0295. The molecule has 1 aliphatic rings. The van der Waals surface area contributed by atoms with Crippen LogP contribution in [0, 0.1) is 6.92 Å². The Balaban J connectivity index is 1.21. The van der Waals surface area contributed by atoms with Gasteiger partial charge in [0.15, 0.2) is 0 Å². The summed E-state index contributed by atoms with van der Waals surface area (Å²) in [5.41, 5.74) is 3.43. The fourth-order valence-electron chi connectivity index (χ4n) is 3.51. The van der Waals surface area contributed by atoms with Gasteiger partial charge in [0, 0.05) is 31.7 Å². The van der Waals surface area contributed by atoms with Gasteiger partial charge in [-0.3, -0.25) is 4.79 Å². The van der Waals surface area contributed by atoms with Gasteiger partial charge in [0.25, 0.3) is 5.91 Å². The van der Waals surface area contributed by atoms with E-state index in [0.717, 1.165) is 22.3 Å². The summed E-state index contributed by atoms with van der Waals surface area (Å²) in [6.45, 7) is 4.86. The first-order valence-electron chi connectivity index (χ1n) is 10.0. The fraction of sp³-hybridized carbons (Fsp3) is 0.318. The van der Waals surface area contributed by atoms with Crippen molar-refractivity contribution in [1.82, 2.24) is 25.1 Å². The normalized spacial score (nSPS) is 14.0. The smallest absolute Gasteiger partial charge is 0.317 e. The Morgan fingerprint density at radius 3 is 2.70 bits per heavy atom. The lowest BCUT2D eigenvalue weighted by Gasteiger charge is -2.34. The summed E-state index contributed by atoms with van der Waals surface area (Å²) in [4.78, 5) is 35.8. The van der Waals surface area contributed by atoms with Gasteiger partial charge in [0.1, 0.15) is 12.4 Å². The molecule has 2 heterocycles. The lowest BCUT2D eigenvalue weighted by Crippen LogP contribution is -2.53. The van der Waals surface area contributed by atoms with Crippen LogP contribution in [0.4, 0.5) is 4.79 Å². The maximum Gasteiger partial charge on any atom is 0.317 e. The van der Waals surface area contributed by atoms with Gasteiger partial charge in [0.05, 0.1) is 23.9 Å². The Labute approximate surface area is 174 Å². The highest BCUT2D eigenvalue weighted by Gasteiger charge is 2.25. The van der Waals surface area contributed by atoms with Crippen LogP contribution < -0.4 is 10.1 Å². The zero-order chi connectivity index (χ0) is 20.9. The lowest BCUT2D eigenvalue weighted by atomic mass is 10.1. The molecule has 2 aromatic carbocycles. The highest BCUT2D eigenvalue weighted by atomic mass is 16.5. The summed E-state index contributed by atoms with van der Waals surface area (Å²) in [5.74, 6) is 0.766. The van der Waals surface area contributed by atoms with Crippen LogP contribution in [0.2, 0.25) is 0 Å². The standard InChI is InChI=1S/C22H25N5O3/c1-16-3-2-4-18(13-16)30-12-7-23-22(29)27-10-8-26(9-11-27)21(28)17-5-6-19-20(14-17)25-15-24-19/h2-6,13-15H,7-12H2,1H3,(H,23,29)(H,24,25). The number of rotatable bonds is 5. The molecule has 0 atom stereocenters. The fourth-order valence-corrected chi connectivity index (χ4v) is 3.51. The first-order valence-corrected chi connectivity index (χ1v) is 10.0. The van der Waals surface area contributed by atoms with Crippen LogP contribution >= 0.6 is 0 Å². The summed E-state index contributed by atoms with van der Waals surface area (Å²) < 4.78 is 5.65. The van der Waals surface area contributed by atoms with Crippen LogP contribution in [0.25, 0.3) is 11.0 Å². The molecule has 1 aliphatic heterocycles. The summed E-state index contributed by atoms with van der Waals surface area (Å²) in [5, 5.41) is 2.88. The number of aromatic nitrogens is 2. The van der Waals surface area contributed by atoms with Crippen molar-refractivity contribution in [3.8, 4) is 5.75 Å². The lowest BCUT2D eigenvalue weighted by molar-refractivity contribution is 0.0665. The number of benzene rings is 2.